The molecule has 1 saturated heterocycles. The average Bonchev–Trinajstić information content (AvgIpc) is 2.54. The smallest absolute Gasteiger partial charge is 0.318 e. The van der Waals surface area contributed by atoms with E-state index in [1.165, 1.54) is 0 Å². The number of terminal acetylenes is 1. The third kappa shape index (κ3) is 4.79. The Bertz CT molecular complexity index is 545. The van der Waals surface area contributed by atoms with E-state index in [0.717, 1.165) is 5.69 Å². The minimum absolute atomic E-state index is 0.0450. The van der Waals surface area contributed by atoms with Crippen molar-refractivity contribution in [2.75, 3.05) is 44.6 Å². The fraction of sp³-hybridized carbons (Fsp3) is 0.375. The van der Waals surface area contributed by atoms with Crippen LogP contribution < -0.4 is 10.6 Å². The van der Waals surface area contributed by atoms with E-state index in [2.05, 4.69) is 16.6 Å². The molecule has 116 valence electrons. The summed E-state index contributed by atoms with van der Waals surface area (Å²) in [4.78, 5) is 27.5. The third-order valence-corrected chi connectivity index (χ3v) is 3.43. The van der Waals surface area contributed by atoms with Crippen molar-refractivity contribution in [3.63, 3.8) is 0 Å². The molecule has 2 N–H and O–H groups in total. The Morgan fingerprint density at radius 2 is 1.82 bits per heavy atom. The van der Waals surface area contributed by atoms with Gasteiger partial charge in [0.05, 0.1) is 13.1 Å². The number of carbonyl (C=O) groups excluding carboxylic acids is 2. The van der Waals surface area contributed by atoms with Crippen molar-refractivity contribution < 1.29 is 9.59 Å². The van der Waals surface area contributed by atoms with Crippen molar-refractivity contribution in [2.24, 2.45) is 0 Å². The van der Waals surface area contributed by atoms with Gasteiger partial charge in [0.2, 0.25) is 5.91 Å². The van der Waals surface area contributed by atoms with Crippen LogP contribution in [0.15, 0.2) is 30.3 Å². The molecule has 0 saturated carbocycles. The first-order chi connectivity index (χ1) is 10.7. The summed E-state index contributed by atoms with van der Waals surface area (Å²) in [5, 5.41) is 5.50. The number of anilines is 1. The molecule has 1 aliphatic heterocycles. The summed E-state index contributed by atoms with van der Waals surface area (Å²) in [5.41, 5.74) is 0.791. The zero-order valence-corrected chi connectivity index (χ0v) is 12.4. The van der Waals surface area contributed by atoms with Gasteiger partial charge in [0.15, 0.2) is 0 Å². The molecule has 1 aromatic carbocycles. The molecule has 6 nitrogen and oxygen atoms in total. The van der Waals surface area contributed by atoms with E-state index >= 15 is 0 Å². The number of amides is 3. The number of hydrogen-bond acceptors (Lipinski definition) is 3. The summed E-state index contributed by atoms with van der Waals surface area (Å²) in [6, 6.07) is 9.22. The monoisotopic (exact) mass is 300 g/mol. The van der Waals surface area contributed by atoms with Gasteiger partial charge < -0.3 is 15.5 Å². The predicted octanol–water partition coefficient (Wildman–Crippen LogP) is 0.585. The number of benzene rings is 1. The van der Waals surface area contributed by atoms with Crippen LogP contribution in [0.4, 0.5) is 10.5 Å². The molecule has 0 aromatic heterocycles. The van der Waals surface area contributed by atoms with E-state index in [0.29, 0.717) is 32.7 Å². The maximum atomic E-state index is 12.0. The highest BCUT2D eigenvalue weighted by Gasteiger charge is 2.21. The SMILES string of the molecule is C#CCNC(=O)N1CCN(CC(=O)Nc2ccccc2)CC1. The van der Waals surface area contributed by atoms with E-state index in [9.17, 15) is 9.59 Å². The van der Waals surface area contributed by atoms with Crippen molar-refractivity contribution in [1.29, 1.82) is 0 Å². The Morgan fingerprint density at radius 1 is 1.14 bits per heavy atom. The number of piperazine rings is 1. The van der Waals surface area contributed by atoms with Crippen LogP contribution in [-0.2, 0) is 4.79 Å². The van der Waals surface area contributed by atoms with Gasteiger partial charge >= 0.3 is 6.03 Å². The Morgan fingerprint density at radius 3 is 2.45 bits per heavy atom. The molecule has 2 rings (SSSR count). The van der Waals surface area contributed by atoms with Crippen LogP contribution in [0.3, 0.4) is 0 Å². The number of carbonyl (C=O) groups is 2. The highest BCUT2D eigenvalue weighted by atomic mass is 16.2. The van der Waals surface area contributed by atoms with Gasteiger partial charge in [-0.15, -0.1) is 6.42 Å². The molecule has 0 radical (unpaired) electrons. The van der Waals surface area contributed by atoms with Crippen molar-refractivity contribution >= 4 is 17.6 Å². The number of rotatable bonds is 4. The van der Waals surface area contributed by atoms with E-state index in [4.69, 9.17) is 6.42 Å². The Hall–Kier alpha value is -2.52. The molecule has 22 heavy (non-hydrogen) atoms. The van der Waals surface area contributed by atoms with Crippen molar-refractivity contribution in [2.45, 2.75) is 0 Å². The van der Waals surface area contributed by atoms with Crippen molar-refractivity contribution in [3.8, 4) is 12.3 Å². The van der Waals surface area contributed by atoms with Gasteiger partial charge in [-0.05, 0) is 12.1 Å². The Labute approximate surface area is 130 Å². The number of nitrogens with one attached hydrogen (secondary N) is 2. The molecule has 0 bridgehead atoms. The largest absolute Gasteiger partial charge is 0.327 e. The quantitative estimate of drug-likeness (QED) is 0.800. The minimum atomic E-state index is -0.147. The molecule has 6 heteroatoms. The summed E-state index contributed by atoms with van der Waals surface area (Å²) >= 11 is 0. The van der Waals surface area contributed by atoms with Crippen LogP contribution >= 0.6 is 0 Å². The first-order valence-corrected chi connectivity index (χ1v) is 7.22. The highest BCUT2D eigenvalue weighted by Crippen LogP contribution is 2.06. The highest BCUT2D eigenvalue weighted by molar-refractivity contribution is 5.92. The molecule has 0 atom stereocenters. The van der Waals surface area contributed by atoms with E-state index in [-0.39, 0.29) is 18.5 Å². The van der Waals surface area contributed by atoms with Crippen LogP contribution in [0.2, 0.25) is 0 Å². The number of hydrogen-bond donors (Lipinski definition) is 2. The Balaban J connectivity index is 1.72. The zero-order valence-electron chi connectivity index (χ0n) is 12.4. The van der Waals surface area contributed by atoms with Crippen LogP contribution in [0.25, 0.3) is 0 Å². The van der Waals surface area contributed by atoms with Gasteiger partial charge in [0, 0.05) is 31.9 Å². The molecular formula is C16H20N4O2. The standard InChI is InChI=1S/C16H20N4O2/c1-2-8-17-16(22)20-11-9-19(10-12-20)13-15(21)18-14-6-4-3-5-7-14/h1,3-7H,8-13H2,(H,17,22)(H,18,21). The normalized spacial score (nSPS) is 15.0. The molecule has 0 unspecified atom stereocenters. The number of nitrogens with zero attached hydrogens (tertiary/aromatic N) is 2. The van der Waals surface area contributed by atoms with Crippen LogP contribution in [0, 0.1) is 12.3 Å². The van der Waals surface area contributed by atoms with E-state index in [1.54, 1.807) is 4.90 Å². The molecule has 0 aliphatic carbocycles. The van der Waals surface area contributed by atoms with Gasteiger partial charge in [-0.1, -0.05) is 24.1 Å². The second kappa shape index (κ2) is 8.05. The van der Waals surface area contributed by atoms with Crippen LogP contribution in [0.1, 0.15) is 0 Å². The van der Waals surface area contributed by atoms with Gasteiger partial charge in [-0.3, -0.25) is 9.69 Å². The maximum Gasteiger partial charge on any atom is 0.318 e. The summed E-state index contributed by atoms with van der Waals surface area (Å²) in [6.07, 6.45) is 5.11. The first kappa shape index (κ1) is 15.9. The predicted molar refractivity (Wildman–Crippen MR) is 85.3 cm³/mol. The van der Waals surface area contributed by atoms with E-state index in [1.807, 2.05) is 35.2 Å². The second-order valence-electron chi connectivity index (χ2n) is 5.04. The zero-order chi connectivity index (χ0) is 15.8. The van der Waals surface area contributed by atoms with Crippen molar-refractivity contribution in [3.05, 3.63) is 30.3 Å². The first-order valence-electron chi connectivity index (χ1n) is 7.22. The van der Waals surface area contributed by atoms with Gasteiger partial charge in [0.1, 0.15) is 0 Å². The minimum Gasteiger partial charge on any atom is -0.327 e. The Kier molecular flexibility index (Phi) is 5.81. The lowest BCUT2D eigenvalue weighted by Gasteiger charge is -2.34. The summed E-state index contributed by atoms with van der Waals surface area (Å²) in [6.45, 7) is 3.09. The van der Waals surface area contributed by atoms with Gasteiger partial charge in [-0.25, -0.2) is 4.79 Å². The van der Waals surface area contributed by atoms with Crippen LogP contribution in [-0.4, -0.2) is 61.0 Å². The van der Waals surface area contributed by atoms with Gasteiger partial charge in [-0.2, -0.15) is 0 Å². The summed E-state index contributed by atoms with van der Waals surface area (Å²) < 4.78 is 0. The fourth-order valence-corrected chi connectivity index (χ4v) is 2.27. The summed E-state index contributed by atoms with van der Waals surface area (Å²) in [7, 11) is 0. The molecular weight excluding hydrogens is 280 g/mol. The van der Waals surface area contributed by atoms with Crippen molar-refractivity contribution in [1.82, 2.24) is 15.1 Å². The average molecular weight is 300 g/mol. The molecule has 1 aromatic rings. The maximum absolute atomic E-state index is 12.0. The van der Waals surface area contributed by atoms with E-state index < -0.39 is 0 Å². The van der Waals surface area contributed by atoms with Crippen LogP contribution in [0.5, 0.6) is 0 Å². The number of urea groups is 1. The third-order valence-electron chi connectivity index (χ3n) is 3.43. The molecule has 1 aliphatic rings. The molecule has 1 heterocycles. The summed E-state index contributed by atoms with van der Waals surface area (Å²) in [5.74, 6) is 2.33. The molecule has 0 spiro atoms. The lowest BCUT2D eigenvalue weighted by molar-refractivity contribution is -0.117. The lowest BCUT2D eigenvalue weighted by atomic mass is 10.3. The fourth-order valence-electron chi connectivity index (χ4n) is 2.27. The lowest BCUT2D eigenvalue weighted by Crippen LogP contribution is -2.53. The number of para-hydroxylation sites is 1. The molecule has 3 amide bonds. The topological polar surface area (TPSA) is 64.7 Å². The molecule has 1 fully saturated rings. The van der Waals surface area contributed by atoms with Gasteiger partial charge in [0.25, 0.3) is 0 Å². The second-order valence-corrected chi connectivity index (χ2v) is 5.04.